The van der Waals surface area contributed by atoms with Crippen LogP contribution in [0.1, 0.15) is 39.5 Å². The van der Waals surface area contributed by atoms with Gasteiger partial charge in [-0.1, -0.05) is 0 Å². The number of nitrogens with one attached hydrogen (secondary N) is 1. The standard InChI is InChI=1S/C14H23N3O2/c1-10(2)19-13-7-8-15-14(17-13)16-9-11-3-5-12(18)6-4-11/h7-8,10-12,18H,3-6,9H2,1-2H3,(H,15,16,17). The molecule has 106 valence electrons. The number of hydrogen-bond donors (Lipinski definition) is 2. The smallest absolute Gasteiger partial charge is 0.225 e. The Balaban J connectivity index is 1.82. The Morgan fingerprint density at radius 3 is 2.79 bits per heavy atom. The molecule has 1 heterocycles. The third-order valence-electron chi connectivity index (χ3n) is 3.35. The van der Waals surface area contributed by atoms with Gasteiger partial charge in [-0.15, -0.1) is 0 Å². The van der Waals surface area contributed by atoms with Crippen molar-refractivity contribution in [1.29, 1.82) is 0 Å². The number of ether oxygens (including phenoxy) is 1. The Kier molecular flexibility index (Phi) is 4.96. The maximum Gasteiger partial charge on any atom is 0.225 e. The molecule has 2 rings (SSSR count). The van der Waals surface area contributed by atoms with Gasteiger partial charge < -0.3 is 15.2 Å². The van der Waals surface area contributed by atoms with E-state index in [1.165, 1.54) is 0 Å². The normalized spacial score (nSPS) is 23.4. The second-order valence-corrected chi connectivity index (χ2v) is 5.44. The van der Waals surface area contributed by atoms with Gasteiger partial charge in [0, 0.05) is 18.8 Å². The second-order valence-electron chi connectivity index (χ2n) is 5.44. The molecule has 1 saturated carbocycles. The molecule has 0 atom stereocenters. The molecule has 0 saturated heterocycles. The van der Waals surface area contributed by atoms with Crippen molar-refractivity contribution in [2.75, 3.05) is 11.9 Å². The lowest BCUT2D eigenvalue weighted by atomic mass is 9.87. The molecule has 0 amide bonds. The van der Waals surface area contributed by atoms with Crippen molar-refractivity contribution in [3.8, 4) is 5.88 Å². The lowest BCUT2D eigenvalue weighted by Gasteiger charge is -2.25. The molecule has 1 aromatic rings. The predicted octanol–water partition coefficient (Wildman–Crippen LogP) is 2.23. The SMILES string of the molecule is CC(C)Oc1ccnc(NCC2CCC(O)CC2)n1. The van der Waals surface area contributed by atoms with Crippen LogP contribution in [-0.4, -0.2) is 33.8 Å². The number of rotatable bonds is 5. The first-order valence-electron chi connectivity index (χ1n) is 7.05. The highest BCUT2D eigenvalue weighted by Gasteiger charge is 2.19. The predicted molar refractivity (Wildman–Crippen MR) is 74.3 cm³/mol. The van der Waals surface area contributed by atoms with E-state index in [0.29, 0.717) is 17.7 Å². The van der Waals surface area contributed by atoms with Gasteiger partial charge in [0.15, 0.2) is 0 Å². The molecule has 0 aliphatic heterocycles. The summed E-state index contributed by atoms with van der Waals surface area (Å²) in [5.74, 6) is 1.82. The molecule has 5 heteroatoms. The molecule has 0 spiro atoms. The molecule has 5 nitrogen and oxygen atoms in total. The van der Waals surface area contributed by atoms with Crippen LogP contribution in [0.15, 0.2) is 12.3 Å². The summed E-state index contributed by atoms with van der Waals surface area (Å²) in [5.41, 5.74) is 0. The molecule has 0 aromatic carbocycles. The molecule has 19 heavy (non-hydrogen) atoms. The topological polar surface area (TPSA) is 67.3 Å². The van der Waals surface area contributed by atoms with Crippen molar-refractivity contribution in [2.24, 2.45) is 5.92 Å². The zero-order valence-corrected chi connectivity index (χ0v) is 11.7. The second kappa shape index (κ2) is 6.70. The fraction of sp³-hybridized carbons (Fsp3) is 0.714. The maximum absolute atomic E-state index is 9.47. The van der Waals surface area contributed by atoms with Crippen LogP contribution >= 0.6 is 0 Å². The minimum absolute atomic E-state index is 0.102. The van der Waals surface area contributed by atoms with Gasteiger partial charge in [0.05, 0.1) is 12.2 Å². The Labute approximate surface area is 114 Å². The van der Waals surface area contributed by atoms with Crippen molar-refractivity contribution in [2.45, 2.75) is 51.7 Å². The zero-order valence-electron chi connectivity index (χ0n) is 11.7. The van der Waals surface area contributed by atoms with Gasteiger partial charge in [0.1, 0.15) is 0 Å². The average Bonchev–Trinajstić information content (AvgIpc) is 2.38. The largest absolute Gasteiger partial charge is 0.475 e. The van der Waals surface area contributed by atoms with Crippen molar-refractivity contribution >= 4 is 5.95 Å². The molecule has 1 aliphatic carbocycles. The summed E-state index contributed by atoms with van der Waals surface area (Å²) in [7, 11) is 0. The van der Waals surface area contributed by atoms with E-state index >= 15 is 0 Å². The molecule has 0 bridgehead atoms. The first-order chi connectivity index (χ1) is 9.13. The number of aliphatic hydroxyl groups excluding tert-OH is 1. The first kappa shape index (κ1) is 14.1. The van der Waals surface area contributed by atoms with Crippen molar-refractivity contribution < 1.29 is 9.84 Å². The van der Waals surface area contributed by atoms with Crippen LogP contribution in [0.3, 0.4) is 0 Å². The number of hydrogen-bond acceptors (Lipinski definition) is 5. The summed E-state index contributed by atoms with van der Waals surface area (Å²) in [6.07, 6.45) is 5.66. The third-order valence-corrected chi connectivity index (χ3v) is 3.35. The van der Waals surface area contributed by atoms with E-state index in [1.807, 2.05) is 13.8 Å². The van der Waals surface area contributed by atoms with E-state index in [4.69, 9.17) is 4.74 Å². The van der Waals surface area contributed by atoms with Crippen molar-refractivity contribution in [3.63, 3.8) is 0 Å². The number of aromatic nitrogens is 2. The minimum atomic E-state index is -0.102. The lowest BCUT2D eigenvalue weighted by Crippen LogP contribution is -2.24. The van der Waals surface area contributed by atoms with Crippen LogP contribution < -0.4 is 10.1 Å². The van der Waals surface area contributed by atoms with Crippen LogP contribution in [0.2, 0.25) is 0 Å². The molecular weight excluding hydrogens is 242 g/mol. The molecule has 1 aromatic heterocycles. The van der Waals surface area contributed by atoms with Crippen LogP contribution in [-0.2, 0) is 0 Å². The van der Waals surface area contributed by atoms with E-state index in [0.717, 1.165) is 32.2 Å². The summed E-state index contributed by atoms with van der Waals surface area (Å²) >= 11 is 0. The Morgan fingerprint density at radius 2 is 2.11 bits per heavy atom. The summed E-state index contributed by atoms with van der Waals surface area (Å²) in [4.78, 5) is 8.51. The lowest BCUT2D eigenvalue weighted by molar-refractivity contribution is 0.111. The van der Waals surface area contributed by atoms with Gasteiger partial charge in [-0.25, -0.2) is 4.98 Å². The first-order valence-corrected chi connectivity index (χ1v) is 7.05. The van der Waals surface area contributed by atoms with Crippen molar-refractivity contribution in [3.05, 3.63) is 12.3 Å². The fourth-order valence-corrected chi connectivity index (χ4v) is 2.32. The van der Waals surface area contributed by atoms with Crippen molar-refractivity contribution in [1.82, 2.24) is 9.97 Å². The fourth-order valence-electron chi connectivity index (χ4n) is 2.32. The van der Waals surface area contributed by atoms with Crippen LogP contribution in [0, 0.1) is 5.92 Å². The zero-order chi connectivity index (χ0) is 13.7. The summed E-state index contributed by atoms with van der Waals surface area (Å²) in [5, 5.41) is 12.7. The molecule has 0 unspecified atom stereocenters. The Hall–Kier alpha value is -1.36. The highest BCUT2D eigenvalue weighted by molar-refractivity contribution is 5.27. The van der Waals surface area contributed by atoms with Gasteiger partial charge in [-0.2, -0.15) is 4.98 Å². The number of anilines is 1. The number of aliphatic hydroxyl groups is 1. The third kappa shape index (κ3) is 4.67. The van der Waals surface area contributed by atoms with Gasteiger partial charge in [0.2, 0.25) is 11.8 Å². The molecule has 2 N–H and O–H groups in total. The monoisotopic (exact) mass is 265 g/mol. The summed E-state index contributed by atoms with van der Waals surface area (Å²) in [6.45, 7) is 4.81. The van der Waals surface area contributed by atoms with Gasteiger partial charge >= 0.3 is 0 Å². The van der Waals surface area contributed by atoms with E-state index in [2.05, 4.69) is 15.3 Å². The molecular formula is C14H23N3O2. The average molecular weight is 265 g/mol. The van der Waals surface area contributed by atoms with Gasteiger partial charge in [-0.3, -0.25) is 0 Å². The molecule has 0 radical (unpaired) electrons. The quantitative estimate of drug-likeness (QED) is 0.854. The maximum atomic E-state index is 9.47. The van der Waals surface area contributed by atoms with Crippen LogP contribution in [0.5, 0.6) is 5.88 Å². The summed E-state index contributed by atoms with van der Waals surface area (Å²) < 4.78 is 5.54. The molecule has 1 fully saturated rings. The highest BCUT2D eigenvalue weighted by Crippen LogP contribution is 2.24. The van der Waals surface area contributed by atoms with E-state index in [-0.39, 0.29) is 12.2 Å². The Bertz CT molecular complexity index is 390. The van der Waals surface area contributed by atoms with Crippen LogP contribution in [0.4, 0.5) is 5.95 Å². The van der Waals surface area contributed by atoms with E-state index in [1.54, 1.807) is 12.3 Å². The summed E-state index contributed by atoms with van der Waals surface area (Å²) in [6, 6.07) is 1.77. The van der Waals surface area contributed by atoms with E-state index < -0.39 is 0 Å². The Morgan fingerprint density at radius 1 is 1.37 bits per heavy atom. The van der Waals surface area contributed by atoms with E-state index in [9.17, 15) is 5.11 Å². The van der Waals surface area contributed by atoms with Gasteiger partial charge in [-0.05, 0) is 45.4 Å². The van der Waals surface area contributed by atoms with Gasteiger partial charge in [0.25, 0.3) is 0 Å². The highest BCUT2D eigenvalue weighted by atomic mass is 16.5. The minimum Gasteiger partial charge on any atom is -0.475 e. The van der Waals surface area contributed by atoms with Crippen LogP contribution in [0.25, 0.3) is 0 Å². The number of nitrogens with zero attached hydrogens (tertiary/aromatic N) is 2. The molecule has 1 aliphatic rings.